The number of allylic oxidation sites excluding steroid dienone is 4. The average Bonchev–Trinajstić information content (AvgIpc) is 2.33. The van der Waals surface area contributed by atoms with E-state index in [0.29, 0.717) is 12.3 Å². The topological polar surface area (TPSA) is 36.2 Å². The van der Waals surface area contributed by atoms with E-state index in [1.165, 1.54) is 0 Å². The zero-order valence-corrected chi connectivity index (χ0v) is 10.9. The molecule has 1 N–H and O–H groups in total. The lowest BCUT2D eigenvalue weighted by Crippen LogP contribution is -2.03. The van der Waals surface area contributed by atoms with Gasteiger partial charge in [-0.25, -0.2) is 4.99 Å². The Bertz CT molecular complexity index is 495. The summed E-state index contributed by atoms with van der Waals surface area (Å²) in [5.74, 6) is 0.405. The van der Waals surface area contributed by atoms with Gasteiger partial charge in [-0.15, -0.1) is 0 Å². The van der Waals surface area contributed by atoms with Crippen LogP contribution in [0, 0.1) is 5.41 Å². The molecule has 0 amide bonds. The van der Waals surface area contributed by atoms with Crippen molar-refractivity contribution in [2.75, 3.05) is 0 Å². The molecule has 86 valence electrons. The van der Waals surface area contributed by atoms with Gasteiger partial charge in [-0.3, -0.25) is 5.41 Å². The number of nitrogens with one attached hydrogen (secondary N) is 1. The van der Waals surface area contributed by atoms with Crippen LogP contribution in [0.15, 0.2) is 58.0 Å². The van der Waals surface area contributed by atoms with E-state index in [0.717, 1.165) is 22.2 Å². The van der Waals surface area contributed by atoms with Crippen LogP contribution >= 0.6 is 15.9 Å². The van der Waals surface area contributed by atoms with Gasteiger partial charge in [0.15, 0.2) is 0 Å². The van der Waals surface area contributed by atoms with Gasteiger partial charge in [0.1, 0.15) is 5.84 Å². The summed E-state index contributed by atoms with van der Waals surface area (Å²) >= 11 is 3.39. The highest BCUT2D eigenvalue weighted by Crippen LogP contribution is 2.11. The molecular formula is C14H13BrN2. The molecule has 1 aromatic carbocycles. The molecule has 0 heterocycles. The van der Waals surface area contributed by atoms with Crippen molar-refractivity contribution in [2.24, 2.45) is 4.99 Å². The van der Waals surface area contributed by atoms with Gasteiger partial charge < -0.3 is 0 Å². The summed E-state index contributed by atoms with van der Waals surface area (Å²) < 4.78 is 1.06. The van der Waals surface area contributed by atoms with Gasteiger partial charge >= 0.3 is 0 Å². The fourth-order valence-corrected chi connectivity index (χ4v) is 1.86. The van der Waals surface area contributed by atoms with Gasteiger partial charge in [-0.1, -0.05) is 46.3 Å². The molecule has 2 rings (SSSR count). The first kappa shape index (κ1) is 12.0. The average molecular weight is 289 g/mol. The third-order valence-corrected chi connectivity index (χ3v) is 2.95. The molecule has 1 aliphatic rings. The van der Waals surface area contributed by atoms with Gasteiger partial charge in [0, 0.05) is 23.0 Å². The summed E-state index contributed by atoms with van der Waals surface area (Å²) in [5, 5.41) is 7.86. The maximum absolute atomic E-state index is 7.86. The molecule has 1 aliphatic carbocycles. The lowest BCUT2D eigenvalue weighted by atomic mass is 10.1. The number of hydrogen-bond donors (Lipinski definition) is 1. The quantitative estimate of drug-likeness (QED) is 0.632. The van der Waals surface area contributed by atoms with E-state index in [4.69, 9.17) is 5.41 Å². The molecule has 0 aromatic heterocycles. The highest BCUT2D eigenvalue weighted by Gasteiger charge is 2.01. The standard InChI is InChI=1S/C14H13BrN2/c15-12-8-6-11(7-9-12)10-14(16)17-13-4-2-1-3-5-13/h1-4,6-9,16H,5,10H2. The molecule has 2 nitrogen and oxygen atoms in total. The molecule has 0 fully saturated rings. The lowest BCUT2D eigenvalue weighted by Gasteiger charge is -2.03. The zero-order chi connectivity index (χ0) is 12.1. The second kappa shape index (κ2) is 5.73. The number of amidine groups is 1. The molecule has 3 heteroatoms. The van der Waals surface area contributed by atoms with Crippen molar-refractivity contribution in [1.82, 2.24) is 0 Å². The maximum Gasteiger partial charge on any atom is 0.125 e. The summed E-state index contributed by atoms with van der Waals surface area (Å²) in [5.41, 5.74) is 2.06. The van der Waals surface area contributed by atoms with Crippen LogP contribution in [0.25, 0.3) is 0 Å². The summed E-state index contributed by atoms with van der Waals surface area (Å²) in [6.45, 7) is 0. The second-order valence-corrected chi connectivity index (χ2v) is 4.76. The number of benzene rings is 1. The van der Waals surface area contributed by atoms with Crippen LogP contribution in [-0.2, 0) is 6.42 Å². The van der Waals surface area contributed by atoms with E-state index in [9.17, 15) is 0 Å². The number of aliphatic imine (C=N–C) groups is 1. The van der Waals surface area contributed by atoms with Crippen molar-refractivity contribution >= 4 is 27.5 Å². The minimum atomic E-state index is 0.405. The van der Waals surface area contributed by atoms with Crippen LogP contribution < -0.4 is 0 Å². The molecule has 0 saturated heterocycles. The van der Waals surface area contributed by atoms with Crippen molar-refractivity contribution in [2.45, 2.75) is 12.8 Å². The number of halogens is 1. The second-order valence-electron chi connectivity index (χ2n) is 3.84. The van der Waals surface area contributed by atoms with Crippen molar-refractivity contribution in [1.29, 1.82) is 5.41 Å². The first-order valence-electron chi connectivity index (χ1n) is 5.47. The summed E-state index contributed by atoms with van der Waals surface area (Å²) in [6, 6.07) is 7.99. The zero-order valence-electron chi connectivity index (χ0n) is 9.36. The molecule has 1 aromatic rings. The van der Waals surface area contributed by atoms with Crippen molar-refractivity contribution in [3.05, 3.63) is 58.6 Å². The molecule has 17 heavy (non-hydrogen) atoms. The first-order chi connectivity index (χ1) is 8.24. The molecule has 0 saturated carbocycles. The van der Waals surface area contributed by atoms with Gasteiger partial charge in [0.05, 0.1) is 0 Å². The Kier molecular flexibility index (Phi) is 4.04. The minimum absolute atomic E-state index is 0.405. The van der Waals surface area contributed by atoms with Crippen LogP contribution in [0.1, 0.15) is 12.0 Å². The van der Waals surface area contributed by atoms with E-state index >= 15 is 0 Å². The van der Waals surface area contributed by atoms with Crippen LogP contribution in [0.5, 0.6) is 0 Å². The van der Waals surface area contributed by atoms with Crippen molar-refractivity contribution in [3.8, 4) is 0 Å². The Balaban J connectivity index is 2.00. The Morgan fingerprint density at radius 3 is 2.65 bits per heavy atom. The predicted octanol–water partition coefficient (Wildman–Crippen LogP) is 3.93. The van der Waals surface area contributed by atoms with Crippen LogP contribution in [0.2, 0.25) is 0 Å². The SMILES string of the molecule is N=C(Cc1ccc(Br)cc1)N=C1C=CC=CC1. The van der Waals surface area contributed by atoms with Crippen LogP contribution in [0.4, 0.5) is 0 Å². The third kappa shape index (κ3) is 3.79. The number of rotatable bonds is 2. The van der Waals surface area contributed by atoms with Crippen molar-refractivity contribution in [3.63, 3.8) is 0 Å². The fourth-order valence-electron chi connectivity index (χ4n) is 1.59. The fraction of sp³-hybridized carbons (Fsp3) is 0.143. The monoisotopic (exact) mass is 288 g/mol. The lowest BCUT2D eigenvalue weighted by molar-refractivity contribution is 1.23. The summed E-state index contributed by atoms with van der Waals surface area (Å²) in [6.07, 6.45) is 9.35. The molecule has 0 atom stereocenters. The predicted molar refractivity (Wildman–Crippen MR) is 75.9 cm³/mol. The summed E-state index contributed by atoms with van der Waals surface area (Å²) in [4.78, 5) is 4.30. The minimum Gasteiger partial charge on any atom is -0.286 e. The number of hydrogen-bond acceptors (Lipinski definition) is 1. The first-order valence-corrected chi connectivity index (χ1v) is 6.26. The highest BCUT2D eigenvalue weighted by molar-refractivity contribution is 9.10. The van der Waals surface area contributed by atoms with Gasteiger partial charge in [-0.05, 0) is 23.8 Å². The Hall–Kier alpha value is -1.48. The normalized spacial score (nSPS) is 16.4. The van der Waals surface area contributed by atoms with Crippen LogP contribution in [-0.4, -0.2) is 11.5 Å². The third-order valence-electron chi connectivity index (χ3n) is 2.43. The van der Waals surface area contributed by atoms with Gasteiger partial charge in [0.2, 0.25) is 0 Å². The van der Waals surface area contributed by atoms with Gasteiger partial charge in [-0.2, -0.15) is 0 Å². The van der Waals surface area contributed by atoms with Crippen LogP contribution in [0.3, 0.4) is 0 Å². The summed E-state index contributed by atoms with van der Waals surface area (Å²) in [7, 11) is 0. The smallest absolute Gasteiger partial charge is 0.125 e. The Morgan fingerprint density at radius 1 is 1.24 bits per heavy atom. The maximum atomic E-state index is 7.86. The highest BCUT2D eigenvalue weighted by atomic mass is 79.9. The van der Waals surface area contributed by atoms with E-state index < -0.39 is 0 Å². The van der Waals surface area contributed by atoms with Crippen molar-refractivity contribution < 1.29 is 0 Å². The number of nitrogens with zero attached hydrogens (tertiary/aromatic N) is 1. The van der Waals surface area contributed by atoms with E-state index in [1.54, 1.807) is 0 Å². The molecule has 0 radical (unpaired) electrons. The Labute approximate surface area is 109 Å². The molecular weight excluding hydrogens is 276 g/mol. The molecule has 0 unspecified atom stereocenters. The van der Waals surface area contributed by atoms with E-state index in [-0.39, 0.29) is 0 Å². The van der Waals surface area contributed by atoms with E-state index in [2.05, 4.69) is 20.9 Å². The Morgan fingerprint density at radius 2 is 2.00 bits per heavy atom. The largest absolute Gasteiger partial charge is 0.286 e. The molecule has 0 bridgehead atoms. The van der Waals surface area contributed by atoms with Gasteiger partial charge in [0.25, 0.3) is 0 Å². The molecule has 0 aliphatic heterocycles. The van der Waals surface area contributed by atoms with E-state index in [1.807, 2.05) is 48.6 Å². The molecule has 0 spiro atoms.